The summed E-state index contributed by atoms with van der Waals surface area (Å²) in [4.78, 5) is 4.83. The number of hydrogen-bond acceptors (Lipinski definition) is 3. The largest absolute Gasteiger partial charge is 0.308 e. The topological polar surface area (TPSA) is 6.48 Å². The minimum atomic E-state index is -0.114. The second-order valence-corrected chi connectivity index (χ2v) is 28.6. The summed E-state index contributed by atoms with van der Waals surface area (Å²) in [5.41, 5.74) is 16.8. The van der Waals surface area contributed by atoms with Crippen LogP contribution in [-0.2, 0) is 27.1 Å². The van der Waals surface area contributed by atoms with E-state index < -0.39 is 0 Å². The van der Waals surface area contributed by atoms with E-state index in [0.29, 0.717) is 5.02 Å². The molecule has 1 heterocycles. The zero-order valence-electron chi connectivity index (χ0n) is 49.7. The van der Waals surface area contributed by atoms with Crippen LogP contribution >= 0.6 is 22.9 Å². The normalized spacial score (nSPS) is 12.8. The maximum absolute atomic E-state index is 8.34. The minimum Gasteiger partial charge on any atom is -0.308 e. The van der Waals surface area contributed by atoms with Gasteiger partial charge in [-0.25, -0.2) is 0 Å². The zero-order chi connectivity index (χ0) is 56.8. The van der Waals surface area contributed by atoms with Gasteiger partial charge < -0.3 is 9.80 Å². The van der Waals surface area contributed by atoms with Gasteiger partial charge in [-0.1, -0.05) is 237 Å². The van der Waals surface area contributed by atoms with Gasteiger partial charge in [0.2, 0.25) is 0 Å². The molecule has 80 heavy (non-hydrogen) atoms. The molecule has 0 fully saturated rings. The van der Waals surface area contributed by atoms with Gasteiger partial charge in [0, 0.05) is 32.4 Å². The first kappa shape index (κ1) is 54.8. The van der Waals surface area contributed by atoms with Gasteiger partial charge in [0.05, 0.1) is 27.8 Å². The third-order valence-corrected chi connectivity index (χ3v) is 17.7. The molecule has 0 radical (unpaired) electrons. The SMILES string of the molecule is CC(C)(C)c1ccc(N(c2ccc(C(C)(C)C)cc2-c2ccc3c4ccccc4c4ccccc4c3c2)c2cccc(N(c3cccc(-c4cc(C(C)(C)C)cc(C(C)(C)C)c4)c3)c3csc4ccc(C(C)(C)C)cc34)c2Cl)cc1. The fourth-order valence-corrected chi connectivity index (χ4v) is 12.6. The van der Waals surface area contributed by atoms with E-state index in [1.807, 2.05) is 0 Å². The lowest BCUT2D eigenvalue weighted by Crippen LogP contribution is -2.17. The lowest BCUT2D eigenvalue weighted by molar-refractivity contribution is 0.569. The van der Waals surface area contributed by atoms with Crippen molar-refractivity contribution in [2.45, 2.75) is 131 Å². The number of anilines is 6. The second kappa shape index (κ2) is 20.1. The Balaban J connectivity index is 1.18. The molecular formula is C76H77ClN2S. The molecule has 0 N–H and O–H groups in total. The fourth-order valence-electron chi connectivity index (χ4n) is 11.4. The van der Waals surface area contributed by atoms with Crippen LogP contribution in [0.1, 0.15) is 132 Å². The molecule has 1 aromatic heterocycles. The number of thiophene rings is 1. The van der Waals surface area contributed by atoms with Crippen molar-refractivity contribution in [3.63, 3.8) is 0 Å². The Morgan fingerprint density at radius 3 is 1.35 bits per heavy atom. The summed E-state index contributed by atoms with van der Waals surface area (Å²) >= 11 is 10.1. The first-order valence-electron chi connectivity index (χ1n) is 28.5. The maximum Gasteiger partial charge on any atom is 0.0887 e. The van der Waals surface area contributed by atoms with E-state index >= 15 is 0 Å². The maximum atomic E-state index is 8.34. The predicted octanol–water partition coefficient (Wildman–Crippen LogP) is 23.8. The van der Waals surface area contributed by atoms with E-state index in [-0.39, 0.29) is 27.1 Å². The molecule has 404 valence electrons. The summed E-state index contributed by atoms with van der Waals surface area (Å²) in [7, 11) is 0. The van der Waals surface area contributed by atoms with E-state index in [2.05, 4.69) is 307 Å². The Bertz CT molecular complexity index is 4090. The average molecular weight is 1090 g/mol. The highest BCUT2D eigenvalue weighted by Crippen LogP contribution is 2.52. The highest BCUT2D eigenvalue weighted by Gasteiger charge is 2.29. The number of hydrogen-bond donors (Lipinski definition) is 0. The molecule has 0 aliphatic heterocycles. The lowest BCUT2D eigenvalue weighted by atomic mass is 9.79. The summed E-state index contributed by atoms with van der Waals surface area (Å²) in [5, 5.41) is 11.7. The predicted molar refractivity (Wildman–Crippen MR) is 353 cm³/mol. The van der Waals surface area contributed by atoms with Gasteiger partial charge in [-0.2, -0.15) is 0 Å². The molecule has 11 aromatic rings. The molecule has 0 unspecified atom stereocenters. The van der Waals surface area contributed by atoms with Crippen molar-refractivity contribution in [1.82, 2.24) is 0 Å². The number of halogens is 1. The van der Waals surface area contributed by atoms with Crippen molar-refractivity contribution in [3.05, 3.63) is 226 Å². The van der Waals surface area contributed by atoms with E-state index in [0.717, 1.165) is 50.8 Å². The Morgan fingerprint density at radius 1 is 0.300 bits per heavy atom. The summed E-state index contributed by atoms with van der Waals surface area (Å²) in [6, 6.07) is 70.9. The van der Waals surface area contributed by atoms with Gasteiger partial charge in [0.15, 0.2) is 0 Å². The average Bonchev–Trinajstić information content (AvgIpc) is 3.95. The summed E-state index contributed by atoms with van der Waals surface area (Å²) in [5.74, 6) is 0. The molecular weight excluding hydrogens is 1010 g/mol. The highest BCUT2D eigenvalue weighted by molar-refractivity contribution is 7.17. The van der Waals surface area contributed by atoms with Gasteiger partial charge in [-0.3, -0.25) is 0 Å². The summed E-state index contributed by atoms with van der Waals surface area (Å²) < 4.78 is 1.23. The lowest BCUT2D eigenvalue weighted by Gasteiger charge is -2.33. The Labute approximate surface area is 485 Å². The van der Waals surface area contributed by atoms with Gasteiger partial charge in [0.25, 0.3) is 0 Å². The van der Waals surface area contributed by atoms with Gasteiger partial charge in [-0.15, -0.1) is 11.3 Å². The second-order valence-electron chi connectivity index (χ2n) is 27.3. The highest BCUT2D eigenvalue weighted by atomic mass is 35.5. The molecule has 4 heteroatoms. The number of benzene rings is 10. The molecule has 0 bridgehead atoms. The van der Waals surface area contributed by atoms with Crippen LogP contribution < -0.4 is 9.80 Å². The van der Waals surface area contributed by atoms with Crippen LogP contribution in [0.3, 0.4) is 0 Å². The van der Waals surface area contributed by atoms with Crippen molar-refractivity contribution in [3.8, 4) is 22.3 Å². The van der Waals surface area contributed by atoms with Crippen molar-refractivity contribution in [2.24, 2.45) is 0 Å². The van der Waals surface area contributed by atoms with Crippen molar-refractivity contribution in [1.29, 1.82) is 0 Å². The smallest absolute Gasteiger partial charge is 0.0887 e. The van der Waals surface area contributed by atoms with Crippen LogP contribution in [0.25, 0.3) is 64.7 Å². The van der Waals surface area contributed by atoms with E-state index in [1.165, 1.54) is 75.8 Å². The van der Waals surface area contributed by atoms with Crippen LogP contribution in [-0.4, -0.2) is 0 Å². The third kappa shape index (κ3) is 10.3. The number of fused-ring (bicyclic) bond motifs is 7. The van der Waals surface area contributed by atoms with E-state index in [9.17, 15) is 0 Å². The van der Waals surface area contributed by atoms with Crippen molar-refractivity contribution in [2.75, 3.05) is 9.80 Å². The molecule has 0 amide bonds. The standard InChI is InChI=1S/C76H77ClN2S/c1-72(2,3)51-31-35-56(36-32-51)78(66-38-33-52(73(4,5)6)45-63(66)49-30-37-62-60-26-17-16-24-58(60)59-25-18-19-27-61(59)64(62)43-49)67-28-21-29-68(71(67)77)79(69-47-80-70-39-34-53(46-65(69)70)74(7,8)9)57-23-20-22-48(42-57)50-40-54(75(10,11)12)44-55(41-50)76(13,14)15/h16-47H,1-15H3. The minimum absolute atomic E-state index is 0.0303. The molecule has 10 aromatic carbocycles. The fraction of sp³-hybridized carbons (Fsp3) is 0.263. The number of rotatable bonds is 8. The third-order valence-electron chi connectivity index (χ3n) is 16.4. The van der Waals surface area contributed by atoms with Gasteiger partial charge in [-0.05, 0) is 171 Å². The Morgan fingerprint density at radius 2 is 0.787 bits per heavy atom. The van der Waals surface area contributed by atoms with Crippen LogP contribution in [0, 0.1) is 0 Å². The van der Waals surface area contributed by atoms with Crippen LogP contribution in [0.4, 0.5) is 34.1 Å². The Kier molecular flexibility index (Phi) is 13.8. The van der Waals surface area contributed by atoms with Crippen molar-refractivity contribution < 1.29 is 0 Å². The van der Waals surface area contributed by atoms with Crippen molar-refractivity contribution >= 4 is 99.5 Å². The van der Waals surface area contributed by atoms with E-state index in [4.69, 9.17) is 11.6 Å². The summed E-state index contributed by atoms with van der Waals surface area (Å²) in [6.07, 6.45) is 0. The van der Waals surface area contributed by atoms with Crippen LogP contribution in [0.15, 0.2) is 193 Å². The van der Waals surface area contributed by atoms with Gasteiger partial charge >= 0.3 is 0 Å². The first-order valence-corrected chi connectivity index (χ1v) is 29.8. The molecule has 0 saturated carbocycles. The molecule has 2 nitrogen and oxygen atoms in total. The molecule has 11 rings (SSSR count). The Hall–Kier alpha value is -7.17. The molecule has 0 aliphatic rings. The quantitative estimate of drug-likeness (QED) is 0.140. The molecule has 0 atom stereocenters. The van der Waals surface area contributed by atoms with Gasteiger partial charge in [0.1, 0.15) is 0 Å². The number of nitrogens with zero attached hydrogens (tertiary/aromatic N) is 2. The molecule has 0 saturated heterocycles. The first-order chi connectivity index (χ1) is 37.7. The van der Waals surface area contributed by atoms with Crippen LogP contribution in [0.5, 0.6) is 0 Å². The summed E-state index contributed by atoms with van der Waals surface area (Å²) in [6.45, 7) is 34.5. The molecule has 0 spiro atoms. The monoisotopic (exact) mass is 1080 g/mol. The van der Waals surface area contributed by atoms with Crippen LogP contribution in [0.2, 0.25) is 5.02 Å². The van der Waals surface area contributed by atoms with E-state index in [1.54, 1.807) is 11.3 Å². The molecule has 0 aliphatic carbocycles. The zero-order valence-corrected chi connectivity index (χ0v) is 51.2.